The zero-order valence-corrected chi connectivity index (χ0v) is 8.10. The molecule has 0 aliphatic carbocycles. The summed E-state index contributed by atoms with van der Waals surface area (Å²) in [4.78, 5) is 20.8. The first-order valence-corrected chi connectivity index (χ1v) is 4.14. The molecule has 1 rings (SSSR count). The second-order valence-electron chi connectivity index (χ2n) is 2.83. The van der Waals surface area contributed by atoms with Gasteiger partial charge >= 0.3 is 5.97 Å². The highest BCUT2D eigenvalue weighted by Crippen LogP contribution is 2.22. The molecule has 0 amide bonds. The lowest BCUT2D eigenvalue weighted by molar-refractivity contribution is -0.385. The van der Waals surface area contributed by atoms with Crippen LogP contribution in [0.2, 0.25) is 0 Å². The van der Waals surface area contributed by atoms with Gasteiger partial charge in [0.05, 0.1) is 4.92 Å². The molecule has 78 valence electrons. The predicted octanol–water partition coefficient (Wildman–Crippen LogP) is 1.99. The molecule has 0 aliphatic rings. The standard InChI is InChI=1S/C10H9NO4/c1-3-10(12)15-8-4-5-9(11(13)14)7(2)6-8/h3-6H,1H2,2H3. The Balaban J connectivity index is 2.96. The van der Waals surface area contributed by atoms with Gasteiger partial charge in [0.15, 0.2) is 0 Å². The topological polar surface area (TPSA) is 69.4 Å². The van der Waals surface area contributed by atoms with Crippen molar-refractivity contribution in [3.05, 3.63) is 46.5 Å². The van der Waals surface area contributed by atoms with Crippen LogP contribution in [0.15, 0.2) is 30.9 Å². The molecule has 0 radical (unpaired) electrons. The fourth-order valence-corrected chi connectivity index (χ4v) is 1.05. The maximum atomic E-state index is 10.8. The Morgan fingerprint density at radius 2 is 2.27 bits per heavy atom. The summed E-state index contributed by atoms with van der Waals surface area (Å²) in [6.45, 7) is 4.82. The van der Waals surface area contributed by atoms with Gasteiger partial charge in [0.25, 0.3) is 5.69 Å². The second kappa shape index (κ2) is 4.36. The van der Waals surface area contributed by atoms with Crippen LogP contribution in [0.1, 0.15) is 5.56 Å². The summed E-state index contributed by atoms with van der Waals surface area (Å²) in [5.41, 5.74) is 0.433. The molecule has 0 fully saturated rings. The monoisotopic (exact) mass is 207 g/mol. The van der Waals surface area contributed by atoms with Crippen LogP contribution in [0.3, 0.4) is 0 Å². The van der Waals surface area contributed by atoms with Crippen molar-refractivity contribution in [1.82, 2.24) is 0 Å². The molecule has 1 aromatic carbocycles. The van der Waals surface area contributed by atoms with E-state index >= 15 is 0 Å². The van der Waals surface area contributed by atoms with Gasteiger partial charge in [-0.05, 0) is 19.1 Å². The van der Waals surface area contributed by atoms with Crippen LogP contribution >= 0.6 is 0 Å². The fraction of sp³-hybridized carbons (Fsp3) is 0.100. The number of esters is 1. The SMILES string of the molecule is C=CC(=O)Oc1ccc([N+](=O)[O-])c(C)c1. The second-order valence-corrected chi connectivity index (χ2v) is 2.83. The third-order valence-corrected chi connectivity index (χ3v) is 1.75. The summed E-state index contributed by atoms with van der Waals surface area (Å²) in [6.07, 6.45) is 1.02. The summed E-state index contributed by atoms with van der Waals surface area (Å²) >= 11 is 0. The molecular weight excluding hydrogens is 198 g/mol. The molecule has 0 saturated carbocycles. The molecule has 0 spiro atoms. The van der Waals surface area contributed by atoms with Gasteiger partial charge in [0.2, 0.25) is 0 Å². The molecule has 15 heavy (non-hydrogen) atoms. The molecule has 0 aliphatic heterocycles. The quantitative estimate of drug-likeness (QED) is 0.250. The maximum Gasteiger partial charge on any atom is 0.335 e. The van der Waals surface area contributed by atoms with Crippen LogP contribution in [0.5, 0.6) is 5.75 Å². The molecule has 5 nitrogen and oxygen atoms in total. The highest BCUT2D eigenvalue weighted by molar-refractivity contribution is 5.83. The third kappa shape index (κ3) is 2.63. The molecule has 1 aromatic rings. The van der Waals surface area contributed by atoms with E-state index in [2.05, 4.69) is 6.58 Å². The highest BCUT2D eigenvalue weighted by Gasteiger charge is 2.11. The number of nitrogens with zero attached hydrogens (tertiary/aromatic N) is 1. The number of aryl methyl sites for hydroxylation is 1. The minimum absolute atomic E-state index is 0.00611. The van der Waals surface area contributed by atoms with E-state index in [0.29, 0.717) is 5.56 Å². The van der Waals surface area contributed by atoms with Crippen molar-refractivity contribution >= 4 is 11.7 Å². The number of nitro groups is 1. The first-order chi connectivity index (χ1) is 7.04. The van der Waals surface area contributed by atoms with Gasteiger partial charge < -0.3 is 4.74 Å². The number of hydrogen-bond donors (Lipinski definition) is 0. The van der Waals surface area contributed by atoms with Crippen molar-refractivity contribution in [2.75, 3.05) is 0 Å². The van der Waals surface area contributed by atoms with Gasteiger partial charge in [-0.1, -0.05) is 6.58 Å². The van der Waals surface area contributed by atoms with E-state index < -0.39 is 10.9 Å². The van der Waals surface area contributed by atoms with Crippen molar-refractivity contribution in [1.29, 1.82) is 0 Å². The van der Waals surface area contributed by atoms with E-state index in [1.807, 2.05) is 0 Å². The Kier molecular flexibility index (Phi) is 3.17. The Labute approximate surface area is 86.1 Å². The number of carbonyl (C=O) groups is 1. The van der Waals surface area contributed by atoms with Gasteiger partial charge in [-0.25, -0.2) is 4.79 Å². The zero-order chi connectivity index (χ0) is 11.4. The van der Waals surface area contributed by atoms with Crippen LogP contribution in [0.25, 0.3) is 0 Å². The molecule has 0 atom stereocenters. The minimum Gasteiger partial charge on any atom is -0.423 e. The van der Waals surface area contributed by atoms with Gasteiger partial charge in [-0.15, -0.1) is 0 Å². The lowest BCUT2D eigenvalue weighted by Gasteiger charge is -2.02. The lowest BCUT2D eigenvalue weighted by atomic mass is 10.2. The van der Waals surface area contributed by atoms with Crippen molar-refractivity contribution in [3.8, 4) is 5.75 Å². The summed E-state index contributed by atoms with van der Waals surface area (Å²) < 4.78 is 4.80. The summed E-state index contributed by atoms with van der Waals surface area (Å²) in [5.74, 6) is -0.328. The molecule has 5 heteroatoms. The van der Waals surface area contributed by atoms with E-state index in [4.69, 9.17) is 4.74 Å². The molecule has 0 unspecified atom stereocenters. The summed E-state index contributed by atoms with van der Waals surface area (Å²) in [7, 11) is 0. The zero-order valence-electron chi connectivity index (χ0n) is 8.10. The van der Waals surface area contributed by atoms with Crippen molar-refractivity contribution < 1.29 is 14.5 Å². The van der Waals surface area contributed by atoms with Crippen LogP contribution < -0.4 is 4.74 Å². The van der Waals surface area contributed by atoms with Crippen LogP contribution in [0.4, 0.5) is 5.69 Å². The first-order valence-electron chi connectivity index (χ1n) is 4.14. The molecule has 0 aromatic heterocycles. The number of hydrogen-bond acceptors (Lipinski definition) is 4. The smallest absolute Gasteiger partial charge is 0.335 e. The number of carbonyl (C=O) groups excluding carboxylic acids is 1. The van der Waals surface area contributed by atoms with Crippen molar-refractivity contribution in [2.24, 2.45) is 0 Å². The number of ether oxygens (including phenoxy) is 1. The average molecular weight is 207 g/mol. The number of benzene rings is 1. The van der Waals surface area contributed by atoms with E-state index in [0.717, 1.165) is 6.08 Å². The molecule has 0 saturated heterocycles. The molecule has 0 bridgehead atoms. The molecule has 0 heterocycles. The van der Waals surface area contributed by atoms with Crippen molar-refractivity contribution in [3.63, 3.8) is 0 Å². The lowest BCUT2D eigenvalue weighted by Crippen LogP contribution is -2.03. The van der Waals surface area contributed by atoms with Crippen LogP contribution in [-0.2, 0) is 4.79 Å². The van der Waals surface area contributed by atoms with Gasteiger partial charge in [0, 0.05) is 17.7 Å². The van der Waals surface area contributed by atoms with Crippen LogP contribution in [0, 0.1) is 17.0 Å². The average Bonchev–Trinajstić information content (AvgIpc) is 2.17. The van der Waals surface area contributed by atoms with E-state index in [9.17, 15) is 14.9 Å². The molecular formula is C10H9NO4. The van der Waals surface area contributed by atoms with Crippen molar-refractivity contribution in [2.45, 2.75) is 6.92 Å². The van der Waals surface area contributed by atoms with E-state index in [-0.39, 0.29) is 11.4 Å². The van der Waals surface area contributed by atoms with E-state index in [1.54, 1.807) is 6.92 Å². The number of rotatable bonds is 3. The highest BCUT2D eigenvalue weighted by atomic mass is 16.6. The summed E-state index contributed by atoms with van der Waals surface area (Å²) in [5, 5.41) is 10.5. The first kappa shape index (κ1) is 10.9. The van der Waals surface area contributed by atoms with Crippen LogP contribution in [-0.4, -0.2) is 10.9 Å². The Bertz CT molecular complexity index is 425. The maximum absolute atomic E-state index is 10.8. The van der Waals surface area contributed by atoms with Gasteiger partial charge in [-0.2, -0.15) is 0 Å². The predicted molar refractivity (Wildman–Crippen MR) is 53.7 cm³/mol. The Morgan fingerprint density at radius 1 is 1.60 bits per heavy atom. The third-order valence-electron chi connectivity index (χ3n) is 1.75. The summed E-state index contributed by atoms with van der Waals surface area (Å²) in [6, 6.07) is 4.09. The van der Waals surface area contributed by atoms with Gasteiger partial charge in [0.1, 0.15) is 5.75 Å². The fourth-order valence-electron chi connectivity index (χ4n) is 1.05. The number of nitro benzene ring substituents is 1. The Hall–Kier alpha value is -2.17. The van der Waals surface area contributed by atoms with Gasteiger partial charge in [-0.3, -0.25) is 10.1 Å². The van der Waals surface area contributed by atoms with E-state index in [1.165, 1.54) is 18.2 Å². The Morgan fingerprint density at radius 3 is 2.73 bits per heavy atom. The normalized spacial score (nSPS) is 9.40. The largest absolute Gasteiger partial charge is 0.423 e. The minimum atomic E-state index is -0.594. The molecule has 0 N–H and O–H groups in total.